The number of carbonyl (C=O) groups is 2. The monoisotopic (exact) mass is 360 g/mol. The van der Waals surface area contributed by atoms with E-state index in [9.17, 15) is 14.7 Å². The lowest BCUT2D eigenvalue weighted by molar-refractivity contribution is -0.143. The maximum absolute atomic E-state index is 12.5. The second-order valence-electron chi connectivity index (χ2n) is 7.61. The molecule has 2 fully saturated rings. The highest BCUT2D eigenvalue weighted by molar-refractivity contribution is 5.76. The van der Waals surface area contributed by atoms with E-state index in [0.717, 1.165) is 30.2 Å². The number of hydrogen-bond donors (Lipinski definition) is 2. The van der Waals surface area contributed by atoms with Crippen LogP contribution in [0.3, 0.4) is 0 Å². The molecule has 2 aliphatic rings. The van der Waals surface area contributed by atoms with Crippen molar-refractivity contribution in [3.05, 3.63) is 23.4 Å². The van der Waals surface area contributed by atoms with Gasteiger partial charge in [0.2, 0.25) is 0 Å². The summed E-state index contributed by atoms with van der Waals surface area (Å²) in [4.78, 5) is 32.3. The number of urea groups is 1. The van der Waals surface area contributed by atoms with E-state index >= 15 is 0 Å². The van der Waals surface area contributed by atoms with Crippen LogP contribution in [0.5, 0.6) is 0 Å². The summed E-state index contributed by atoms with van der Waals surface area (Å²) in [6.45, 7) is 7.32. The molecule has 3 heterocycles. The molecule has 2 aliphatic heterocycles. The number of carbonyl (C=O) groups excluding carboxylic acids is 1. The minimum absolute atomic E-state index is 0.194. The first kappa shape index (κ1) is 18.5. The van der Waals surface area contributed by atoms with E-state index < -0.39 is 11.9 Å². The quantitative estimate of drug-likeness (QED) is 0.860. The number of nitrogens with zero attached hydrogens (tertiary/aromatic N) is 3. The topological polar surface area (TPSA) is 85.8 Å². The standard InChI is InChI=1S/C19H28N4O3/c1-13-7-16(18(24)25)12-23(11-13)19(26)20-10-15-8-14(2)21-17(9-15)22-5-3-4-6-22/h8-9,13,16H,3-7,10-12H2,1-2H3,(H,20,26)(H,24,25). The lowest BCUT2D eigenvalue weighted by Crippen LogP contribution is -2.49. The normalized spacial score (nSPS) is 23.2. The van der Waals surface area contributed by atoms with Crippen LogP contribution < -0.4 is 10.2 Å². The highest BCUT2D eigenvalue weighted by Crippen LogP contribution is 2.22. The highest BCUT2D eigenvalue weighted by Gasteiger charge is 2.31. The van der Waals surface area contributed by atoms with E-state index in [0.29, 0.717) is 19.5 Å². The van der Waals surface area contributed by atoms with Gasteiger partial charge in [0.05, 0.1) is 5.92 Å². The van der Waals surface area contributed by atoms with Crippen LogP contribution in [0, 0.1) is 18.8 Å². The second kappa shape index (κ2) is 7.93. The number of pyridine rings is 1. The summed E-state index contributed by atoms with van der Waals surface area (Å²) in [5, 5.41) is 12.2. The van der Waals surface area contributed by atoms with Crippen molar-refractivity contribution in [1.29, 1.82) is 0 Å². The van der Waals surface area contributed by atoms with E-state index in [-0.39, 0.29) is 18.5 Å². The van der Waals surface area contributed by atoms with Gasteiger partial charge >= 0.3 is 12.0 Å². The average Bonchev–Trinajstić information content (AvgIpc) is 3.13. The van der Waals surface area contributed by atoms with Crippen LogP contribution in [0.15, 0.2) is 12.1 Å². The SMILES string of the molecule is Cc1cc(CNC(=O)N2CC(C)CC(C(=O)O)C2)cc(N2CCCC2)n1. The van der Waals surface area contributed by atoms with Crippen LogP contribution in [0.1, 0.15) is 37.4 Å². The first-order valence-electron chi connectivity index (χ1n) is 9.40. The van der Waals surface area contributed by atoms with Crippen molar-refractivity contribution in [1.82, 2.24) is 15.2 Å². The van der Waals surface area contributed by atoms with Crippen molar-refractivity contribution >= 4 is 17.8 Å². The van der Waals surface area contributed by atoms with Crippen molar-refractivity contribution in [3.8, 4) is 0 Å². The molecule has 1 aromatic rings. The Kier molecular flexibility index (Phi) is 5.64. The van der Waals surface area contributed by atoms with Gasteiger partial charge in [-0.1, -0.05) is 6.92 Å². The van der Waals surface area contributed by atoms with Crippen molar-refractivity contribution in [2.24, 2.45) is 11.8 Å². The minimum Gasteiger partial charge on any atom is -0.481 e. The van der Waals surface area contributed by atoms with Gasteiger partial charge < -0.3 is 20.2 Å². The van der Waals surface area contributed by atoms with E-state index in [2.05, 4.69) is 15.2 Å². The molecular formula is C19H28N4O3. The zero-order valence-corrected chi connectivity index (χ0v) is 15.6. The lowest BCUT2D eigenvalue weighted by atomic mass is 9.91. The molecule has 7 heteroatoms. The van der Waals surface area contributed by atoms with Gasteiger partial charge in [0.25, 0.3) is 0 Å². The summed E-state index contributed by atoms with van der Waals surface area (Å²) in [6.07, 6.45) is 3.01. The first-order valence-corrected chi connectivity index (χ1v) is 9.40. The Labute approximate surface area is 154 Å². The fraction of sp³-hybridized carbons (Fsp3) is 0.632. The van der Waals surface area contributed by atoms with Crippen LogP contribution in [0.25, 0.3) is 0 Å². The van der Waals surface area contributed by atoms with Crippen molar-refractivity contribution in [2.45, 2.75) is 39.7 Å². The predicted octanol–water partition coefficient (Wildman–Crippen LogP) is 2.24. The predicted molar refractivity (Wildman–Crippen MR) is 99.1 cm³/mol. The van der Waals surface area contributed by atoms with Gasteiger partial charge in [-0.25, -0.2) is 9.78 Å². The van der Waals surface area contributed by atoms with Crippen LogP contribution in [-0.4, -0.2) is 53.2 Å². The van der Waals surface area contributed by atoms with Crippen LogP contribution in [0.4, 0.5) is 10.6 Å². The second-order valence-corrected chi connectivity index (χ2v) is 7.61. The molecule has 0 radical (unpaired) electrons. The summed E-state index contributed by atoms with van der Waals surface area (Å²) in [5.41, 5.74) is 1.96. The van der Waals surface area contributed by atoms with Gasteiger partial charge in [-0.15, -0.1) is 0 Å². The Morgan fingerprint density at radius 2 is 2.00 bits per heavy atom. The molecule has 0 saturated carbocycles. The zero-order chi connectivity index (χ0) is 18.7. The number of carboxylic acids is 1. The van der Waals surface area contributed by atoms with E-state index in [1.165, 1.54) is 12.8 Å². The van der Waals surface area contributed by atoms with Gasteiger partial charge in [0.15, 0.2) is 0 Å². The summed E-state index contributed by atoms with van der Waals surface area (Å²) in [5.74, 6) is -0.131. The number of amides is 2. The fourth-order valence-corrected chi connectivity index (χ4v) is 3.92. The molecule has 142 valence electrons. The number of aliphatic carboxylic acids is 1. The van der Waals surface area contributed by atoms with E-state index in [4.69, 9.17) is 0 Å². The Morgan fingerprint density at radius 1 is 1.27 bits per heavy atom. The minimum atomic E-state index is -0.825. The molecule has 2 amide bonds. The van der Waals surface area contributed by atoms with Crippen molar-refractivity contribution < 1.29 is 14.7 Å². The number of anilines is 1. The Hall–Kier alpha value is -2.31. The third kappa shape index (κ3) is 4.45. The highest BCUT2D eigenvalue weighted by atomic mass is 16.4. The van der Waals surface area contributed by atoms with Crippen LogP contribution in [-0.2, 0) is 11.3 Å². The molecule has 0 spiro atoms. The van der Waals surface area contributed by atoms with Crippen molar-refractivity contribution in [2.75, 3.05) is 31.1 Å². The Morgan fingerprint density at radius 3 is 2.69 bits per heavy atom. The van der Waals surface area contributed by atoms with Gasteiger partial charge in [-0.05, 0) is 49.8 Å². The van der Waals surface area contributed by atoms with Crippen LogP contribution >= 0.6 is 0 Å². The number of carboxylic acid groups (broad SMARTS) is 1. The third-order valence-corrected chi connectivity index (χ3v) is 5.17. The number of likely N-dealkylation sites (tertiary alicyclic amines) is 1. The van der Waals surface area contributed by atoms with Gasteiger partial charge in [-0.3, -0.25) is 4.79 Å². The molecule has 2 unspecified atom stereocenters. The molecule has 2 saturated heterocycles. The maximum atomic E-state index is 12.5. The molecule has 0 aromatic carbocycles. The summed E-state index contributed by atoms with van der Waals surface area (Å²) >= 11 is 0. The summed E-state index contributed by atoms with van der Waals surface area (Å²) in [7, 11) is 0. The fourth-order valence-electron chi connectivity index (χ4n) is 3.92. The molecule has 0 aliphatic carbocycles. The zero-order valence-electron chi connectivity index (χ0n) is 15.6. The summed E-state index contributed by atoms with van der Waals surface area (Å²) < 4.78 is 0. The van der Waals surface area contributed by atoms with Crippen molar-refractivity contribution in [3.63, 3.8) is 0 Å². The maximum Gasteiger partial charge on any atom is 0.317 e. The number of aromatic nitrogens is 1. The Bertz CT molecular complexity index is 673. The van der Waals surface area contributed by atoms with Gasteiger partial charge in [0, 0.05) is 38.4 Å². The first-order chi connectivity index (χ1) is 12.4. The molecule has 26 heavy (non-hydrogen) atoms. The molecule has 0 bridgehead atoms. The van der Waals surface area contributed by atoms with Gasteiger partial charge in [0.1, 0.15) is 5.82 Å². The lowest BCUT2D eigenvalue weighted by Gasteiger charge is -2.34. The van der Waals surface area contributed by atoms with E-state index in [1.807, 2.05) is 26.0 Å². The Balaban J connectivity index is 1.61. The number of nitrogens with one attached hydrogen (secondary N) is 1. The largest absolute Gasteiger partial charge is 0.481 e. The average molecular weight is 360 g/mol. The smallest absolute Gasteiger partial charge is 0.317 e. The molecule has 2 N–H and O–H groups in total. The molecular weight excluding hydrogens is 332 g/mol. The number of piperidine rings is 1. The van der Waals surface area contributed by atoms with E-state index in [1.54, 1.807) is 4.90 Å². The third-order valence-electron chi connectivity index (χ3n) is 5.17. The van der Waals surface area contributed by atoms with Crippen LogP contribution in [0.2, 0.25) is 0 Å². The number of rotatable bonds is 4. The molecule has 2 atom stereocenters. The molecule has 1 aromatic heterocycles. The summed E-state index contributed by atoms with van der Waals surface area (Å²) in [6, 6.07) is 3.83. The number of aryl methyl sites for hydroxylation is 1. The number of hydrogen-bond acceptors (Lipinski definition) is 4. The molecule has 7 nitrogen and oxygen atoms in total. The van der Waals surface area contributed by atoms with Gasteiger partial charge in [-0.2, -0.15) is 0 Å². The molecule has 3 rings (SSSR count).